The summed E-state index contributed by atoms with van der Waals surface area (Å²) in [5.41, 5.74) is 4.19. The molecule has 3 rings (SSSR count). The molecule has 0 bridgehead atoms. The largest absolute Gasteiger partial charge is 0.493 e. The van der Waals surface area contributed by atoms with Crippen LogP contribution in [0.15, 0.2) is 47.8 Å². The Hall–Kier alpha value is -3.32. The van der Waals surface area contributed by atoms with Gasteiger partial charge in [-0.3, -0.25) is 4.79 Å². The number of ether oxygens (including phenoxy) is 3. The minimum atomic E-state index is -0.473. The van der Waals surface area contributed by atoms with E-state index < -0.39 is 5.97 Å². The van der Waals surface area contributed by atoms with Gasteiger partial charge in [-0.2, -0.15) is 0 Å². The number of hydrogen-bond acceptors (Lipinski definition) is 6. The average Bonchev–Trinajstić information content (AvgIpc) is 3.15. The SMILES string of the molecule is CCOC(=O)c1c(-c2ccc(C)cc2C)csc1NC(=O)COc1ccccc1OC. The first-order valence-corrected chi connectivity index (χ1v) is 10.7. The highest BCUT2D eigenvalue weighted by atomic mass is 32.1. The summed E-state index contributed by atoms with van der Waals surface area (Å²) < 4.78 is 16.1. The van der Waals surface area contributed by atoms with Crippen LogP contribution in [-0.4, -0.2) is 32.2 Å². The van der Waals surface area contributed by atoms with E-state index in [0.29, 0.717) is 22.1 Å². The predicted octanol–water partition coefficient (Wildman–Crippen LogP) is 5.23. The topological polar surface area (TPSA) is 73.9 Å². The van der Waals surface area contributed by atoms with E-state index in [4.69, 9.17) is 14.2 Å². The number of methoxy groups -OCH3 is 1. The molecule has 0 aliphatic heterocycles. The number of benzene rings is 2. The van der Waals surface area contributed by atoms with Crippen molar-refractivity contribution in [1.82, 2.24) is 0 Å². The van der Waals surface area contributed by atoms with Crippen LogP contribution in [0.3, 0.4) is 0 Å². The summed E-state index contributed by atoms with van der Waals surface area (Å²) in [7, 11) is 1.54. The standard InChI is InChI=1S/C24H25NO5S/c1-5-29-24(27)22-18(17-11-10-15(2)12-16(17)3)14-31-23(22)25-21(26)13-30-20-9-7-6-8-19(20)28-4/h6-12,14H,5,13H2,1-4H3,(H,25,26). The van der Waals surface area contributed by atoms with Crippen molar-refractivity contribution in [3.05, 3.63) is 64.5 Å². The van der Waals surface area contributed by atoms with Crippen molar-refractivity contribution in [3.8, 4) is 22.6 Å². The lowest BCUT2D eigenvalue weighted by Gasteiger charge is -2.12. The Kier molecular flexibility index (Phi) is 7.31. The highest BCUT2D eigenvalue weighted by Crippen LogP contribution is 2.38. The smallest absolute Gasteiger partial charge is 0.341 e. The van der Waals surface area contributed by atoms with Gasteiger partial charge in [-0.15, -0.1) is 11.3 Å². The number of anilines is 1. The van der Waals surface area contributed by atoms with Gasteiger partial charge >= 0.3 is 5.97 Å². The van der Waals surface area contributed by atoms with Crippen molar-refractivity contribution in [2.45, 2.75) is 20.8 Å². The zero-order valence-corrected chi connectivity index (χ0v) is 18.8. The summed E-state index contributed by atoms with van der Waals surface area (Å²) in [6.07, 6.45) is 0. The summed E-state index contributed by atoms with van der Waals surface area (Å²) in [5, 5.41) is 5.09. The van der Waals surface area contributed by atoms with Crippen LogP contribution in [0.4, 0.5) is 5.00 Å². The van der Waals surface area contributed by atoms with Gasteiger partial charge in [-0.1, -0.05) is 35.9 Å². The number of carbonyl (C=O) groups is 2. The van der Waals surface area contributed by atoms with E-state index in [1.165, 1.54) is 18.4 Å². The monoisotopic (exact) mass is 439 g/mol. The van der Waals surface area contributed by atoms with Crippen molar-refractivity contribution in [2.75, 3.05) is 25.6 Å². The molecule has 3 aromatic rings. The van der Waals surface area contributed by atoms with E-state index in [-0.39, 0.29) is 19.1 Å². The second-order valence-corrected chi connectivity index (χ2v) is 7.76. The van der Waals surface area contributed by atoms with E-state index >= 15 is 0 Å². The van der Waals surface area contributed by atoms with Crippen LogP contribution < -0.4 is 14.8 Å². The molecule has 0 fully saturated rings. The van der Waals surface area contributed by atoms with E-state index in [9.17, 15) is 9.59 Å². The Morgan fingerprint density at radius 2 is 1.77 bits per heavy atom. The van der Waals surface area contributed by atoms with Gasteiger partial charge in [-0.25, -0.2) is 4.79 Å². The lowest BCUT2D eigenvalue weighted by molar-refractivity contribution is -0.118. The second-order valence-electron chi connectivity index (χ2n) is 6.88. The molecule has 0 aliphatic carbocycles. The van der Waals surface area contributed by atoms with Gasteiger partial charge in [0.25, 0.3) is 5.91 Å². The summed E-state index contributed by atoms with van der Waals surface area (Å²) in [5.74, 6) is 0.147. The van der Waals surface area contributed by atoms with Gasteiger partial charge in [0.1, 0.15) is 10.6 Å². The van der Waals surface area contributed by atoms with Gasteiger partial charge in [0.2, 0.25) is 0 Å². The van der Waals surface area contributed by atoms with Crippen LogP contribution >= 0.6 is 11.3 Å². The number of aryl methyl sites for hydroxylation is 2. The molecule has 0 saturated carbocycles. The molecule has 0 radical (unpaired) electrons. The Bertz CT molecular complexity index is 1090. The maximum Gasteiger partial charge on any atom is 0.341 e. The van der Waals surface area contributed by atoms with Gasteiger partial charge in [-0.05, 0) is 44.0 Å². The molecule has 7 heteroatoms. The van der Waals surface area contributed by atoms with Gasteiger partial charge in [0.15, 0.2) is 18.1 Å². The quantitative estimate of drug-likeness (QED) is 0.486. The maximum absolute atomic E-state index is 12.7. The normalized spacial score (nSPS) is 10.5. The van der Waals surface area contributed by atoms with Crippen LogP contribution in [0.2, 0.25) is 0 Å². The van der Waals surface area contributed by atoms with Crippen molar-refractivity contribution < 1.29 is 23.8 Å². The Balaban J connectivity index is 1.84. The molecule has 1 heterocycles. The number of esters is 1. The molecule has 0 aliphatic rings. The molecule has 1 aromatic heterocycles. The minimum Gasteiger partial charge on any atom is -0.493 e. The first-order valence-electron chi connectivity index (χ1n) is 9.86. The summed E-state index contributed by atoms with van der Waals surface area (Å²) in [6, 6.07) is 13.1. The second kappa shape index (κ2) is 10.1. The average molecular weight is 440 g/mol. The zero-order chi connectivity index (χ0) is 22.4. The summed E-state index contributed by atoms with van der Waals surface area (Å²) in [4.78, 5) is 25.3. The lowest BCUT2D eigenvalue weighted by Crippen LogP contribution is -2.21. The van der Waals surface area contributed by atoms with Crippen LogP contribution in [-0.2, 0) is 9.53 Å². The van der Waals surface area contributed by atoms with Gasteiger partial charge < -0.3 is 19.5 Å². The molecule has 1 amide bonds. The number of rotatable bonds is 8. The molecular formula is C24H25NO5S. The van der Waals surface area contributed by atoms with Crippen molar-refractivity contribution in [2.24, 2.45) is 0 Å². The maximum atomic E-state index is 12.7. The molecule has 6 nitrogen and oxygen atoms in total. The first-order chi connectivity index (χ1) is 14.9. The van der Waals surface area contributed by atoms with Gasteiger partial charge in [0, 0.05) is 10.9 Å². The molecule has 0 spiro atoms. The first kappa shape index (κ1) is 22.4. The Morgan fingerprint density at radius 1 is 1.03 bits per heavy atom. The summed E-state index contributed by atoms with van der Waals surface area (Å²) in [6.45, 7) is 5.78. The fourth-order valence-corrected chi connectivity index (χ4v) is 4.18. The minimum absolute atomic E-state index is 0.223. The Labute approximate surface area is 185 Å². The van der Waals surface area contributed by atoms with E-state index in [0.717, 1.165) is 22.3 Å². The van der Waals surface area contributed by atoms with Crippen LogP contribution in [0, 0.1) is 13.8 Å². The fourth-order valence-electron chi connectivity index (χ4n) is 3.21. The fraction of sp³-hybridized carbons (Fsp3) is 0.250. The zero-order valence-electron chi connectivity index (χ0n) is 18.0. The van der Waals surface area contributed by atoms with E-state index in [1.807, 2.05) is 37.4 Å². The predicted molar refractivity (Wildman–Crippen MR) is 122 cm³/mol. The number of hydrogen-bond donors (Lipinski definition) is 1. The molecule has 162 valence electrons. The highest BCUT2D eigenvalue weighted by Gasteiger charge is 2.23. The molecule has 0 saturated heterocycles. The molecular weight excluding hydrogens is 414 g/mol. The summed E-state index contributed by atoms with van der Waals surface area (Å²) >= 11 is 1.28. The van der Waals surface area contributed by atoms with Crippen LogP contribution in [0.25, 0.3) is 11.1 Å². The third kappa shape index (κ3) is 5.24. The number of thiophene rings is 1. The van der Waals surface area contributed by atoms with Gasteiger partial charge in [0.05, 0.1) is 13.7 Å². The van der Waals surface area contributed by atoms with Crippen LogP contribution in [0.1, 0.15) is 28.4 Å². The number of nitrogens with one attached hydrogen (secondary N) is 1. The third-order valence-corrected chi connectivity index (χ3v) is 5.52. The molecule has 0 unspecified atom stereocenters. The third-order valence-electron chi connectivity index (χ3n) is 4.62. The molecule has 2 aromatic carbocycles. The van der Waals surface area contributed by atoms with E-state index in [2.05, 4.69) is 11.4 Å². The molecule has 31 heavy (non-hydrogen) atoms. The highest BCUT2D eigenvalue weighted by molar-refractivity contribution is 7.15. The number of para-hydroxylation sites is 2. The lowest BCUT2D eigenvalue weighted by atomic mass is 9.97. The van der Waals surface area contributed by atoms with E-state index in [1.54, 1.807) is 25.1 Å². The number of amides is 1. The van der Waals surface area contributed by atoms with Crippen LogP contribution in [0.5, 0.6) is 11.5 Å². The Morgan fingerprint density at radius 3 is 2.45 bits per heavy atom. The number of carbonyl (C=O) groups excluding carboxylic acids is 2. The van der Waals surface area contributed by atoms with Crippen molar-refractivity contribution in [3.63, 3.8) is 0 Å². The molecule has 1 N–H and O–H groups in total. The van der Waals surface area contributed by atoms with Crippen molar-refractivity contribution in [1.29, 1.82) is 0 Å². The molecule has 0 atom stereocenters. The van der Waals surface area contributed by atoms with Crippen molar-refractivity contribution >= 4 is 28.2 Å².